The van der Waals surface area contributed by atoms with E-state index in [1.165, 1.54) is 0 Å². The van der Waals surface area contributed by atoms with Gasteiger partial charge in [-0.3, -0.25) is 9.79 Å². The quantitative estimate of drug-likeness (QED) is 0.799. The van der Waals surface area contributed by atoms with E-state index in [4.69, 9.17) is 9.47 Å². The van der Waals surface area contributed by atoms with Crippen molar-refractivity contribution in [3.8, 4) is 17.6 Å². The number of hydrogen-bond acceptors (Lipinski definition) is 5. The van der Waals surface area contributed by atoms with Gasteiger partial charge in [-0.05, 0) is 37.5 Å². The lowest BCUT2D eigenvalue weighted by atomic mass is 9.72. The Morgan fingerprint density at radius 1 is 1.26 bits per heavy atom. The van der Waals surface area contributed by atoms with Crippen molar-refractivity contribution >= 4 is 11.5 Å². The number of nitrogens with zero attached hydrogens (tertiary/aromatic N) is 2. The van der Waals surface area contributed by atoms with Gasteiger partial charge in [-0.1, -0.05) is 6.07 Å². The molecule has 0 bridgehead atoms. The average molecular weight is 308 g/mol. The summed E-state index contributed by atoms with van der Waals surface area (Å²) in [4.78, 5) is 17.1. The van der Waals surface area contributed by atoms with Crippen molar-refractivity contribution in [1.29, 1.82) is 5.26 Å². The van der Waals surface area contributed by atoms with Crippen molar-refractivity contribution in [1.82, 2.24) is 0 Å². The van der Waals surface area contributed by atoms with E-state index in [0.29, 0.717) is 23.5 Å². The van der Waals surface area contributed by atoms with Crippen LogP contribution in [0.5, 0.6) is 11.5 Å². The van der Waals surface area contributed by atoms with Crippen molar-refractivity contribution < 1.29 is 14.3 Å². The van der Waals surface area contributed by atoms with E-state index in [1.54, 1.807) is 0 Å². The van der Waals surface area contributed by atoms with Crippen molar-refractivity contribution in [3.05, 3.63) is 35.0 Å². The smallest absolute Gasteiger partial charge is 0.231 e. The molecule has 0 saturated heterocycles. The molecule has 4 rings (SSSR count). The van der Waals surface area contributed by atoms with Crippen LogP contribution in [-0.4, -0.2) is 18.3 Å². The standard InChI is InChI=1S/C18H16N2O3/c1-10-12(8-19)17(18-13(20-10)3-2-4-14(18)21)11-5-6-15-16(7-11)23-9-22-15/h5-7,12,17H,2-4,9H2,1H3/t12?,17-/m0/s1. The Balaban J connectivity index is 1.87. The van der Waals surface area contributed by atoms with Crippen LogP contribution in [0.4, 0.5) is 0 Å². The Bertz CT molecular complexity index is 801. The molecular weight excluding hydrogens is 292 g/mol. The lowest BCUT2D eigenvalue weighted by molar-refractivity contribution is -0.116. The minimum absolute atomic E-state index is 0.116. The number of carbonyl (C=O) groups excluding carboxylic acids is 1. The first-order valence-electron chi connectivity index (χ1n) is 7.79. The van der Waals surface area contributed by atoms with Crippen LogP contribution in [0, 0.1) is 17.2 Å². The van der Waals surface area contributed by atoms with Gasteiger partial charge in [0.25, 0.3) is 0 Å². The Labute approximate surface area is 134 Å². The minimum Gasteiger partial charge on any atom is -0.454 e. The zero-order valence-electron chi connectivity index (χ0n) is 12.8. The lowest BCUT2D eigenvalue weighted by Gasteiger charge is -2.32. The Morgan fingerprint density at radius 2 is 2.09 bits per heavy atom. The summed E-state index contributed by atoms with van der Waals surface area (Å²) in [6.45, 7) is 2.08. The summed E-state index contributed by atoms with van der Waals surface area (Å²) in [5, 5.41) is 9.64. The zero-order chi connectivity index (χ0) is 16.0. The van der Waals surface area contributed by atoms with Crippen LogP contribution < -0.4 is 9.47 Å². The number of Topliss-reactive ketones (excluding diaryl/α,β-unsaturated/α-hetero) is 1. The van der Waals surface area contributed by atoms with E-state index < -0.39 is 5.92 Å². The summed E-state index contributed by atoms with van der Waals surface area (Å²) in [6, 6.07) is 8.00. The van der Waals surface area contributed by atoms with Gasteiger partial charge < -0.3 is 9.47 Å². The van der Waals surface area contributed by atoms with E-state index in [9.17, 15) is 10.1 Å². The molecule has 23 heavy (non-hydrogen) atoms. The Kier molecular flexibility index (Phi) is 3.19. The summed E-state index contributed by atoms with van der Waals surface area (Å²) in [5.41, 5.74) is 3.27. The molecule has 1 aromatic rings. The molecule has 1 aliphatic carbocycles. The number of nitriles is 1. The molecule has 116 valence electrons. The first kappa shape index (κ1) is 14.0. The van der Waals surface area contributed by atoms with E-state index in [2.05, 4.69) is 11.1 Å². The second kappa shape index (κ2) is 5.24. The number of carbonyl (C=O) groups is 1. The third-order valence-electron chi connectivity index (χ3n) is 4.73. The van der Waals surface area contributed by atoms with Crippen molar-refractivity contribution in [3.63, 3.8) is 0 Å². The molecule has 0 N–H and O–H groups in total. The van der Waals surface area contributed by atoms with Crippen LogP contribution in [0.1, 0.15) is 37.7 Å². The maximum absolute atomic E-state index is 12.5. The SMILES string of the molecule is CC1=NC2=C(C(=O)CCC2)[C@@H](c2ccc3c(c2)OCO3)C1C#N. The molecular formula is C18H16N2O3. The molecule has 2 aliphatic heterocycles. The summed E-state index contributed by atoms with van der Waals surface area (Å²) in [7, 11) is 0. The van der Waals surface area contributed by atoms with Gasteiger partial charge in [-0.15, -0.1) is 0 Å². The average Bonchev–Trinajstić information content (AvgIpc) is 3.01. The lowest BCUT2D eigenvalue weighted by Crippen LogP contribution is -2.30. The molecule has 1 aromatic carbocycles. The number of allylic oxidation sites excluding steroid dienone is 2. The monoisotopic (exact) mass is 308 g/mol. The van der Waals surface area contributed by atoms with Crippen LogP contribution in [0.25, 0.3) is 0 Å². The number of benzene rings is 1. The number of rotatable bonds is 1. The van der Waals surface area contributed by atoms with Crippen LogP contribution in [0.2, 0.25) is 0 Å². The van der Waals surface area contributed by atoms with Gasteiger partial charge in [0.2, 0.25) is 6.79 Å². The Morgan fingerprint density at radius 3 is 2.91 bits per heavy atom. The second-order valence-electron chi connectivity index (χ2n) is 6.09. The third kappa shape index (κ3) is 2.14. The first-order chi connectivity index (χ1) is 11.2. The fourth-order valence-corrected chi connectivity index (χ4v) is 3.64. The van der Waals surface area contributed by atoms with Gasteiger partial charge in [0, 0.05) is 29.3 Å². The number of fused-ring (bicyclic) bond motifs is 1. The van der Waals surface area contributed by atoms with Gasteiger partial charge >= 0.3 is 0 Å². The molecule has 5 nitrogen and oxygen atoms in total. The molecule has 0 saturated carbocycles. The first-order valence-corrected chi connectivity index (χ1v) is 7.79. The highest BCUT2D eigenvalue weighted by molar-refractivity contribution is 6.03. The largest absolute Gasteiger partial charge is 0.454 e. The van der Waals surface area contributed by atoms with Gasteiger partial charge in [-0.2, -0.15) is 5.26 Å². The second-order valence-corrected chi connectivity index (χ2v) is 6.09. The third-order valence-corrected chi connectivity index (χ3v) is 4.73. The molecule has 5 heteroatoms. The minimum atomic E-state index is -0.420. The summed E-state index contributed by atoms with van der Waals surface area (Å²) >= 11 is 0. The number of aliphatic imine (C=N–C) groups is 1. The molecule has 2 atom stereocenters. The predicted molar refractivity (Wildman–Crippen MR) is 83.4 cm³/mol. The van der Waals surface area contributed by atoms with Crippen LogP contribution in [-0.2, 0) is 4.79 Å². The molecule has 3 aliphatic rings. The fraction of sp³-hybridized carbons (Fsp3) is 0.389. The maximum Gasteiger partial charge on any atom is 0.231 e. The van der Waals surface area contributed by atoms with Crippen molar-refractivity contribution in [2.45, 2.75) is 32.1 Å². The van der Waals surface area contributed by atoms with Crippen LogP contribution >= 0.6 is 0 Å². The van der Waals surface area contributed by atoms with E-state index in [1.807, 2.05) is 25.1 Å². The molecule has 0 amide bonds. The molecule has 0 aromatic heterocycles. The predicted octanol–water partition coefficient (Wildman–Crippen LogP) is 3.12. The van der Waals surface area contributed by atoms with Gasteiger partial charge in [-0.25, -0.2) is 0 Å². The number of ketones is 1. The van der Waals surface area contributed by atoms with Crippen molar-refractivity contribution in [2.75, 3.05) is 6.79 Å². The number of ether oxygens (including phenoxy) is 2. The summed E-state index contributed by atoms with van der Waals surface area (Å²) in [6.07, 6.45) is 2.17. The summed E-state index contributed by atoms with van der Waals surface area (Å²) in [5.74, 6) is 0.800. The molecule has 0 spiro atoms. The van der Waals surface area contributed by atoms with E-state index in [-0.39, 0.29) is 18.5 Å². The van der Waals surface area contributed by atoms with Crippen molar-refractivity contribution in [2.24, 2.45) is 10.9 Å². The summed E-state index contributed by atoms with van der Waals surface area (Å²) < 4.78 is 10.8. The van der Waals surface area contributed by atoms with Crippen LogP contribution in [0.3, 0.4) is 0 Å². The normalized spacial score (nSPS) is 25.7. The molecule has 1 unspecified atom stereocenters. The molecule has 2 heterocycles. The highest BCUT2D eigenvalue weighted by atomic mass is 16.7. The highest BCUT2D eigenvalue weighted by Crippen LogP contribution is 2.45. The maximum atomic E-state index is 12.5. The van der Waals surface area contributed by atoms with Gasteiger partial charge in [0.1, 0.15) is 0 Å². The van der Waals surface area contributed by atoms with Gasteiger partial charge in [0.05, 0.1) is 12.0 Å². The van der Waals surface area contributed by atoms with Crippen LogP contribution in [0.15, 0.2) is 34.5 Å². The number of hydrogen-bond donors (Lipinski definition) is 0. The molecule has 0 radical (unpaired) electrons. The molecule has 0 fully saturated rings. The zero-order valence-corrected chi connectivity index (χ0v) is 12.8. The highest BCUT2D eigenvalue weighted by Gasteiger charge is 2.39. The van der Waals surface area contributed by atoms with E-state index >= 15 is 0 Å². The Hall–Kier alpha value is -2.61. The fourth-order valence-electron chi connectivity index (χ4n) is 3.64. The topological polar surface area (TPSA) is 71.7 Å². The van der Waals surface area contributed by atoms with E-state index in [0.717, 1.165) is 29.8 Å². The van der Waals surface area contributed by atoms with Gasteiger partial charge in [0.15, 0.2) is 17.3 Å².